The molecule has 2 heterocycles. The summed E-state index contributed by atoms with van der Waals surface area (Å²) in [6.45, 7) is 0.729. The van der Waals surface area contributed by atoms with Gasteiger partial charge in [-0.15, -0.1) is 0 Å². The number of benzene rings is 1. The van der Waals surface area contributed by atoms with E-state index in [9.17, 15) is 10.1 Å². The van der Waals surface area contributed by atoms with Gasteiger partial charge >= 0.3 is 5.69 Å². The average molecular weight is 349 g/mol. The van der Waals surface area contributed by atoms with E-state index in [0.717, 1.165) is 31.4 Å². The lowest BCUT2D eigenvalue weighted by atomic mass is 9.93. The van der Waals surface area contributed by atoms with Crippen LogP contribution in [0.3, 0.4) is 0 Å². The van der Waals surface area contributed by atoms with Crippen LogP contribution in [0.5, 0.6) is 0 Å². The van der Waals surface area contributed by atoms with Crippen LogP contribution in [0.1, 0.15) is 35.7 Å². The maximum absolute atomic E-state index is 11.2. The standard InChI is InChI=1S/C19H19N5O2/c25-24(26)18-10-5-11-20-19(18)22-16-8-4-9-17-15(16)12-21-23(17)13-14-6-2-1-3-7-14/h1-3,5-7,10-12,16H,4,8-9,13H2,(H,20,22)/t16-/m1/s1. The minimum atomic E-state index is -0.405. The summed E-state index contributed by atoms with van der Waals surface area (Å²) < 4.78 is 2.03. The summed E-state index contributed by atoms with van der Waals surface area (Å²) in [6, 6.07) is 13.3. The molecule has 0 aliphatic heterocycles. The number of fused-ring (bicyclic) bond motifs is 1. The number of hydrogen-bond acceptors (Lipinski definition) is 5. The Morgan fingerprint density at radius 3 is 2.88 bits per heavy atom. The van der Waals surface area contributed by atoms with Gasteiger partial charge in [-0.05, 0) is 30.9 Å². The van der Waals surface area contributed by atoms with Crippen molar-refractivity contribution in [1.82, 2.24) is 14.8 Å². The first-order valence-corrected chi connectivity index (χ1v) is 8.67. The number of anilines is 1. The highest BCUT2D eigenvalue weighted by Crippen LogP contribution is 2.34. The predicted molar refractivity (Wildman–Crippen MR) is 98.0 cm³/mol. The molecular formula is C19H19N5O2. The number of pyridine rings is 1. The second kappa shape index (κ2) is 6.95. The molecule has 1 aromatic carbocycles. The van der Waals surface area contributed by atoms with Crippen LogP contribution >= 0.6 is 0 Å². The minimum absolute atomic E-state index is 0.00343. The molecule has 0 radical (unpaired) electrons. The first-order valence-electron chi connectivity index (χ1n) is 8.67. The Morgan fingerprint density at radius 2 is 2.08 bits per heavy atom. The van der Waals surface area contributed by atoms with Crippen LogP contribution in [0.4, 0.5) is 11.5 Å². The van der Waals surface area contributed by atoms with E-state index in [4.69, 9.17) is 0 Å². The molecule has 3 aromatic rings. The SMILES string of the molecule is O=[N+]([O-])c1cccnc1N[C@@H]1CCCc2c1cnn2Cc1ccccc1. The number of rotatable bonds is 5. The summed E-state index contributed by atoms with van der Waals surface area (Å²) in [7, 11) is 0. The van der Waals surface area contributed by atoms with E-state index in [1.54, 1.807) is 12.3 Å². The molecular weight excluding hydrogens is 330 g/mol. The van der Waals surface area contributed by atoms with Gasteiger partial charge < -0.3 is 5.32 Å². The van der Waals surface area contributed by atoms with E-state index in [0.29, 0.717) is 5.82 Å². The highest BCUT2D eigenvalue weighted by atomic mass is 16.6. The third-order valence-corrected chi connectivity index (χ3v) is 4.73. The van der Waals surface area contributed by atoms with Gasteiger partial charge in [0.1, 0.15) is 0 Å². The minimum Gasteiger partial charge on any atom is -0.357 e. The van der Waals surface area contributed by atoms with Crippen molar-refractivity contribution < 1.29 is 4.92 Å². The Hall–Kier alpha value is -3.22. The van der Waals surface area contributed by atoms with Crippen LogP contribution in [0.2, 0.25) is 0 Å². The van der Waals surface area contributed by atoms with Crippen LogP contribution in [-0.2, 0) is 13.0 Å². The van der Waals surface area contributed by atoms with Gasteiger partial charge in [0.15, 0.2) is 0 Å². The summed E-state index contributed by atoms with van der Waals surface area (Å²) in [5.74, 6) is 0.311. The van der Waals surface area contributed by atoms with Crippen LogP contribution < -0.4 is 5.32 Å². The van der Waals surface area contributed by atoms with Crippen LogP contribution in [0, 0.1) is 10.1 Å². The highest BCUT2D eigenvalue weighted by Gasteiger charge is 2.26. The van der Waals surface area contributed by atoms with E-state index >= 15 is 0 Å². The van der Waals surface area contributed by atoms with Gasteiger partial charge in [-0.3, -0.25) is 14.8 Å². The molecule has 0 unspecified atom stereocenters. The van der Waals surface area contributed by atoms with Crippen molar-refractivity contribution in [2.75, 3.05) is 5.32 Å². The molecule has 0 saturated heterocycles. The van der Waals surface area contributed by atoms with E-state index in [-0.39, 0.29) is 11.7 Å². The molecule has 7 nitrogen and oxygen atoms in total. The molecule has 0 amide bonds. The summed E-state index contributed by atoms with van der Waals surface area (Å²) in [5.41, 5.74) is 3.49. The monoisotopic (exact) mass is 349 g/mol. The molecule has 1 aliphatic rings. The zero-order valence-corrected chi connectivity index (χ0v) is 14.2. The summed E-state index contributed by atoms with van der Waals surface area (Å²) in [5, 5.41) is 19.0. The van der Waals surface area contributed by atoms with Crippen molar-refractivity contribution in [3.05, 3.63) is 81.8 Å². The topological polar surface area (TPSA) is 85.9 Å². The fourth-order valence-corrected chi connectivity index (χ4v) is 3.48. The molecule has 0 spiro atoms. The number of hydrogen-bond donors (Lipinski definition) is 1. The maximum atomic E-state index is 11.2. The lowest BCUT2D eigenvalue weighted by molar-refractivity contribution is -0.384. The number of aromatic nitrogens is 3. The van der Waals surface area contributed by atoms with Crippen LogP contribution in [0.25, 0.3) is 0 Å². The van der Waals surface area contributed by atoms with Crippen LogP contribution in [-0.4, -0.2) is 19.7 Å². The summed E-state index contributed by atoms with van der Waals surface area (Å²) in [4.78, 5) is 15.0. The van der Waals surface area contributed by atoms with Gasteiger partial charge in [-0.1, -0.05) is 30.3 Å². The van der Waals surface area contributed by atoms with Gasteiger partial charge in [0, 0.05) is 23.5 Å². The highest BCUT2D eigenvalue weighted by molar-refractivity contribution is 5.56. The van der Waals surface area contributed by atoms with Crippen molar-refractivity contribution >= 4 is 11.5 Å². The van der Waals surface area contributed by atoms with Crippen molar-refractivity contribution in [1.29, 1.82) is 0 Å². The van der Waals surface area contributed by atoms with Crippen molar-refractivity contribution in [2.24, 2.45) is 0 Å². The average Bonchev–Trinajstić information content (AvgIpc) is 3.07. The third-order valence-electron chi connectivity index (χ3n) is 4.73. The molecule has 4 rings (SSSR count). The smallest absolute Gasteiger partial charge is 0.311 e. The molecule has 7 heteroatoms. The fraction of sp³-hybridized carbons (Fsp3) is 0.263. The summed E-state index contributed by atoms with van der Waals surface area (Å²) in [6.07, 6.45) is 6.32. The number of nitrogens with zero attached hydrogens (tertiary/aromatic N) is 4. The molecule has 1 N–H and O–H groups in total. The van der Waals surface area contributed by atoms with Gasteiger partial charge in [0.25, 0.3) is 0 Å². The normalized spacial score (nSPS) is 16.1. The maximum Gasteiger partial charge on any atom is 0.311 e. The van der Waals surface area contributed by atoms with Gasteiger partial charge in [0.05, 0.1) is 23.7 Å². The van der Waals surface area contributed by atoms with Gasteiger partial charge in [0.2, 0.25) is 5.82 Å². The largest absolute Gasteiger partial charge is 0.357 e. The lowest BCUT2D eigenvalue weighted by Crippen LogP contribution is -2.19. The Bertz CT molecular complexity index is 923. The number of nitrogens with one attached hydrogen (secondary N) is 1. The predicted octanol–water partition coefficient (Wildman–Crippen LogP) is 3.72. The fourth-order valence-electron chi connectivity index (χ4n) is 3.48. The third kappa shape index (κ3) is 3.15. The Morgan fingerprint density at radius 1 is 1.23 bits per heavy atom. The van der Waals surface area contributed by atoms with Gasteiger partial charge in [-0.25, -0.2) is 4.98 Å². The molecule has 26 heavy (non-hydrogen) atoms. The molecule has 1 aliphatic carbocycles. The molecule has 132 valence electrons. The second-order valence-corrected chi connectivity index (χ2v) is 6.41. The van der Waals surface area contributed by atoms with Gasteiger partial charge in [-0.2, -0.15) is 5.10 Å². The molecule has 0 bridgehead atoms. The summed E-state index contributed by atoms with van der Waals surface area (Å²) >= 11 is 0. The molecule has 0 saturated carbocycles. The van der Waals surface area contributed by atoms with E-state index in [1.165, 1.54) is 17.3 Å². The zero-order chi connectivity index (χ0) is 17.9. The Balaban J connectivity index is 1.60. The van der Waals surface area contributed by atoms with E-state index in [1.807, 2.05) is 29.1 Å². The first kappa shape index (κ1) is 16.3. The van der Waals surface area contributed by atoms with Crippen molar-refractivity contribution in [2.45, 2.75) is 31.8 Å². The first-order chi connectivity index (χ1) is 12.7. The number of nitro groups is 1. The zero-order valence-electron chi connectivity index (χ0n) is 14.2. The Kier molecular flexibility index (Phi) is 4.35. The van der Waals surface area contributed by atoms with Crippen molar-refractivity contribution in [3.63, 3.8) is 0 Å². The van der Waals surface area contributed by atoms with Crippen LogP contribution in [0.15, 0.2) is 54.9 Å². The molecule has 2 aromatic heterocycles. The van der Waals surface area contributed by atoms with E-state index in [2.05, 4.69) is 27.5 Å². The second-order valence-electron chi connectivity index (χ2n) is 6.41. The molecule has 1 atom stereocenters. The molecule has 0 fully saturated rings. The quantitative estimate of drug-likeness (QED) is 0.560. The van der Waals surface area contributed by atoms with Crippen molar-refractivity contribution in [3.8, 4) is 0 Å². The lowest BCUT2D eigenvalue weighted by Gasteiger charge is -2.24. The van der Waals surface area contributed by atoms with E-state index < -0.39 is 4.92 Å². The Labute approximate surface area is 150 Å².